The molecule has 1 aromatic heterocycles. The van der Waals surface area contributed by atoms with Crippen LogP contribution < -0.4 is 10.1 Å². The predicted octanol–water partition coefficient (Wildman–Crippen LogP) is 2.46. The second kappa shape index (κ2) is 11.1. The predicted molar refractivity (Wildman–Crippen MR) is 142 cm³/mol. The van der Waals surface area contributed by atoms with Gasteiger partial charge in [0.05, 0.1) is 11.1 Å². The molecule has 0 fully saturated rings. The number of amides is 2. The number of rotatable bonds is 11. The SMILES string of the molecule is CN(C)CCCn1cc(C2=C(c3ccc(OCC(O)CN(C)C)cc3)C(=O)NC2=O)c2ccccc21. The number of carbonyl (C=O) groups is 2. The molecule has 0 spiro atoms. The largest absolute Gasteiger partial charge is 0.491 e. The van der Waals surface area contributed by atoms with Crippen molar-refractivity contribution in [3.8, 4) is 5.75 Å². The van der Waals surface area contributed by atoms with Crippen LogP contribution >= 0.6 is 0 Å². The van der Waals surface area contributed by atoms with Crippen molar-refractivity contribution in [1.29, 1.82) is 0 Å². The van der Waals surface area contributed by atoms with Crippen molar-refractivity contribution in [2.24, 2.45) is 0 Å². The van der Waals surface area contributed by atoms with Gasteiger partial charge in [0.25, 0.3) is 11.8 Å². The fourth-order valence-electron chi connectivity index (χ4n) is 4.56. The quantitative estimate of drug-likeness (QED) is 0.402. The zero-order valence-electron chi connectivity index (χ0n) is 21.3. The number of ether oxygens (including phenoxy) is 1. The summed E-state index contributed by atoms with van der Waals surface area (Å²) < 4.78 is 7.85. The summed E-state index contributed by atoms with van der Waals surface area (Å²) in [6.07, 6.45) is 2.34. The van der Waals surface area contributed by atoms with Crippen LogP contribution in [-0.2, 0) is 16.1 Å². The molecule has 2 heterocycles. The Labute approximate surface area is 211 Å². The second-order valence-electron chi connectivity index (χ2n) is 9.69. The highest BCUT2D eigenvalue weighted by Crippen LogP contribution is 2.36. The molecule has 0 radical (unpaired) electrons. The van der Waals surface area contributed by atoms with Crippen molar-refractivity contribution in [2.45, 2.75) is 19.1 Å². The van der Waals surface area contributed by atoms with Crippen molar-refractivity contribution in [2.75, 3.05) is 47.9 Å². The van der Waals surface area contributed by atoms with Gasteiger partial charge < -0.3 is 24.2 Å². The van der Waals surface area contributed by atoms with E-state index in [1.54, 1.807) is 24.3 Å². The lowest BCUT2D eigenvalue weighted by Crippen LogP contribution is -2.30. The molecule has 8 nitrogen and oxygen atoms in total. The lowest BCUT2D eigenvalue weighted by Gasteiger charge is -2.16. The minimum atomic E-state index is -0.609. The molecule has 0 bridgehead atoms. The standard InChI is InChI=1S/C28H34N4O4/c1-30(2)14-7-15-32-17-23(22-8-5-6-9-24(22)32)26-25(27(34)29-28(26)35)19-10-12-21(13-11-19)36-18-20(33)16-31(3)4/h5-6,8-13,17,20,33H,7,14-16,18H2,1-4H3,(H,29,34,35). The number of aryl methyl sites for hydroxylation is 1. The van der Waals surface area contributed by atoms with Gasteiger partial charge in [-0.2, -0.15) is 0 Å². The van der Waals surface area contributed by atoms with Crippen LogP contribution in [-0.4, -0.2) is 85.3 Å². The maximum absolute atomic E-state index is 13.0. The highest BCUT2D eigenvalue weighted by atomic mass is 16.5. The Bertz CT molecular complexity index is 1270. The van der Waals surface area contributed by atoms with E-state index >= 15 is 0 Å². The molecular formula is C28H34N4O4. The Hall–Kier alpha value is -3.46. The highest BCUT2D eigenvalue weighted by Gasteiger charge is 2.33. The van der Waals surface area contributed by atoms with Crippen LogP contribution in [0.1, 0.15) is 17.5 Å². The van der Waals surface area contributed by atoms with Gasteiger partial charge in [-0.3, -0.25) is 14.9 Å². The first-order valence-electron chi connectivity index (χ1n) is 12.1. The van der Waals surface area contributed by atoms with Crippen LogP contribution in [0.5, 0.6) is 5.75 Å². The van der Waals surface area contributed by atoms with E-state index in [1.165, 1.54) is 0 Å². The maximum atomic E-state index is 13.0. The molecule has 3 aromatic rings. The summed E-state index contributed by atoms with van der Waals surface area (Å²) in [7, 11) is 7.87. The normalized spacial score (nSPS) is 14.9. The summed E-state index contributed by atoms with van der Waals surface area (Å²) >= 11 is 0. The van der Waals surface area contributed by atoms with E-state index in [1.807, 2.05) is 63.6 Å². The summed E-state index contributed by atoms with van der Waals surface area (Å²) in [5.74, 6) is -0.214. The zero-order chi connectivity index (χ0) is 25.8. The van der Waals surface area contributed by atoms with Crippen LogP contribution in [0.3, 0.4) is 0 Å². The van der Waals surface area contributed by atoms with Crippen LogP contribution in [0.4, 0.5) is 0 Å². The van der Waals surface area contributed by atoms with E-state index in [0.29, 0.717) is 29.0 Å². The van der Waals surface area contributed by atoms with Crippen molar-refractivity contribution in [3.05, 3.63) is 65.9 Å². The number of nitrogens with one attached hydrogen (secondary N) is 1. The number of likely N-dealkylation sites (N-methyl/N-ethyl adjacent to an activating group) is 1. The van der Waals surface area contributed by atoms with E-state index in [2.05, 4.69) is 14.8 Å². The number of hydrogen-bond acceptors (Lipinski definition) is 6. The van der Waals surface area contributed by atoms with Gasteiger partial charge in [-0.05, 0) is 64.9 Å². The van der Waals surface area contributed by atoms with Crippen molar-refractivity contribution >= 4 is 33.9 Å². The summed E-state index contributed by atoms with van der Waals surface area (Å²) in [6.45, 7) is 2.43. The van der Waals surface area contributed by atoms with Gasteiger partial charge in [-0.15, -0.1) is 0 Å². The maximum Gasteiger partial charge on any atom is 0.259 e. The molecule has 0 saturated carbocycles. The van der Waals surface area contributed by atoms with Crippen LogP contribution in [0.2, 0.25) is 0 Å². The Morgan fingerprint density at radius 1 is 0.944 bits per heavy atom. The van der Waals surface area contributed by atoms with Gasteiger partial charge >= 0.3 is 0 Å². The van der Waals surface area contributed by atoms with E-state index in [0.717, 1.165) is 36.0 Å². The van der Waals surface area contributed by atoms with Crippen LogP contribution in [0, 0.1) is 0 Å². The number of aromatic nitrogens is 1. The molecule has 2 N–H and O–H groups in total. The van der Waals surface area contributed by atoms with Crippen molar-refractivity contribution in [3.63, 3.8) is 0 Å². The third-order valence-electron chi connectivity index (χ3n) is 6.15. The molecular weight excluding hydrogens is 456 g/mol. The third-order valence-corrected chi connectivity index (χ3v) is 6.15. The van der Waals surface area contributed by atoms with Gasteiger partial charge in [0.2, 0.25) is 0 Å². The lowest BCUT2D eigenvalue weighted by atomic mass is 9.96. The Kier molecular flexibility index (Phi) is 7.88. The minimum Gasteiger partial charge on any atom is -0.491 e. The summed E-state index contributed by atoms with van der Waals surface area (Å²) in [6, 6.07) is 15.0. The van der Waals surface area contributed by atoms with Gasteiger partial charge in [-0.1, -0.05) is 30.3 Å². The van der Waals surface area contributed by atoms with Gasteiger partial charge in [0.1, 0.15) is 18.5 Å². The summed E-state index contributed by atoms with van der Waals surface area (Å²) in [4.78, 5) is 29.9. The van der Waals surface area contributed by atoms with Gasteiger partial charge in [0.15, 0.2) is 0 Å². The molecule has 190 valence electrons. The molecule has 8 heteroatoms. The van der Waals surface area contributed by atoms with Gasteiger partial charge in [-0.25, -0.2) is 0 Å². The molecule has 1 atom stereocenters. The summed E-state index contributed by atoms with van der Waals surface area (Å²) in [5, 5.41) is 13.5. The molecule has 36 heavy (non-hydrogen) atoms. The fourth-order valence-corrected chi connectivity index (χ4v) is 4.56. The molecule has 0 aliphatic carbocycles. The second-order valence-corrected chi connectivity index (χ2v) is 9.69. The Morgan fingerprint density at radius 3 is 2.33 bits per heavy atom. The lowest BCUT2D eigenvalue weighted by molar-refractivity contribution is -0.122. The molecule has 1 aliphatic rings. The number of hydrogen-bond donors (Lipinski definition) is 2. The minimum absolute atomic E-state index is 0.164. The number of aliphatic hydroxyl groups is 1. The number of nitrogens with zero attached hydrogens (tertiary/aromatic N) is 3. The third kappa shape index (κ3) is 5.67. The van der Waals surface area contributed by atoms with Crippen LogP contribution in [0.15, 0.2) is 54.7 Å². The number of benzene rings is 2. The van der Waals surface area contributed by atoms with E-state index < -0.39 is 17.9 Å². The van der Waals surface area contributed by atoms with Crippen molar-refractivity contribution in [1.82, 2.24) is 19.7 Å². The molecule has 1 aliphatic heterocycles. The number of fused-ring (bicyclic) bond motifs is 1. The Balaban J connectivity index is 1.66. The van der Waals surface area contributed by atoms with Crippen LogP contribution in [0.25, 0.3) is 22.0 Å². The zero-order valence-corrected chi connectivity index (χ0v) is 21.3. The number of imide groups is 1. The average molecular weight is 491 g/mol. The van der Waals surface area contributed by atoms with E-state index in [9.17, 15) is 14.7 Å². The first-order valence-corrected chi connectivity index (χ1v) is 12.1. The average Bonchev–Trinajstić information content (AvgIpc) is 3.33. The molecule has 0 saturated heterocycles. The molecule has 4 rings (SSSR count). The van der Waals surface area contributed by atoms with Gasteiger partial charge in [0, 0.05) is 35.8 Å². The highest BCUT2D eigenvalue weighted by molar-refractivity contribution is 6.50. The van der Waals surface area contributed by atoms with E-state index in [-0.39, 0.29) is 6.61 Å². The summed E-state index contributed by atoms with van der Waals surface area (Å²) in [5.41, 5.74) is 3.17. The Morgan fingerprint density at radius 2 is 1.64 bits per heavy atom. The molecule has 2 amide bonds. The first-order chi connectivity index (χ1) is 17.2. The molecule has 1 unspecified atom stereocenters. The first kappa shape index (κ1) is 25.6. The number of aliphatic hydroxyl groups excluding tert-OH is 1. The van der Waals surface area contributed by atoms with E-state index in [4.69, 9.17) is 4.74 Å². The topological polar surface area (TPSA) is 87.0 Å². The fraction of sp³-hybridized carbons (Fsp3) is 0.357. The number of para-hydroxylation sites is 1. The smallest absolute Gasteiger partial charge is 0.259 e. The van der Waals surface area contributed by atoms with Crippen molar-refractivity contribution < 1.29 is 19.4 Å². The molecule has 2 aromatic carbocycles. The number of carbonyl (C=O) groups excluding carboxylic acids is 2. The monoisotopic (exact) mass is 490 g/mol.